The van der Waals surface area contributed by atoms with Crippen molar-refractivity contribution in [2.45, 2.75) is 51.6 Å². The van der Waals surface area contributed by atoms with Crippen molar-refractivity contribution in [1.82, 2.24) is 15.5 Å². The first-order chi connectivity index (χ1) is 8.81. The second-order valence-electron chi connectivity index (χ2n) is 6.11. The van der Waals surface area contributed by atoms with Crippen LogP contribution in [0.1, 0.15) is 40.0 Å². The predicted octanol–water partition coefficient (Wildman–Crippen LogP) is 0.424. The smallest absolute Gasteiger partial charge is 0.321 e. The van der Waals surface area contributed by atoms with Crippen molar-refractivity contribution in [3.63, 3.8) is 0 Å². The average molecular weight is 270 g/mol. The molecule has 110 valence electrons. The highest BCUT2D eigenvalue weighted by atomic mass is 16.2. The van der Waals surface area contributed by atoms with Gasteiger partial charge in [0.05, 0.1) is 6.54 Å². The van der Waals surface area contributed by atoms with Crippen LogP contribution in [0.2, 0.25) is 0 Å². The molecule has 1 heterocycles. The average Bonchev–Trinajstić information content (AvgIpc) is 2.26. The Morgan fingerprint density at radius 3 is 2.58 bits per heavy atom. The van der Waals surface area contributed by atoms with Crippen LogP contribution in [0.4, 0.5) is 4.79 Å². The summed E-state index contributed by atoms with van der Waals surface area (Å²) in [6.07, 6.45) is 3.26. The van der Waals surface area contributed by atoms with Gasteiger partial charge in [-0.2, -0.15) is 0 Å². The van der Waals surface area contributed by atoms with Crippen LogP contribution in [-0.4, -0.2) is 48.1 Å². The van der Waals surface area contributed by atoms with Gasteiger partial charge in [0.15, 0.2) is 0 Å². The number of nitrogens with zero attached hydrogens (tertiary/aromatic N) is 1. The van der Waals surface area contributed by atoms with Gasteiger partial charge in [-0.05, 0) is 40.2 Å². The SMILES string of the molecule is CC(C)(C)NC(=O)NC(=O)CN1CCCCC1CN. The van der Waals surface area contributed by atoms with Gasteiger partial charge in [0.2, 0.25) is 5.91 Å². The molecule has 0 radical (unpaired) electrons. The van der Waals surface area contributed by atoms with E-state index in [2.05, 4.69) is 15.5 Å². The van der Waals surface area contributed by atoms with Crippen molar-refractivity contribution < 1.29 is 9.59 Å². The lowest BCUT2D eigenvalue weighted by atomic mass is 10.0. The largest absolute Gasteiger partial charge is 0.333 e. The molecule has 6 nitrogen and oxygen atoms in total. The van der Waals surface area contributed by atoms with Crippen LogP contribution >= 0.6 is 0 Å². The minimum atomic E-state index is -0.446. The van der Waals surface area contributed by atoms with Gasteiger partial charge < -0.3 is 11.1 Å². The lowest BCUT2D eigenvalue weighted by Gasteiger charge is -2.34. The van der Waals surface area contributed by atoms with Gasteiger partial charge >= 0.3 is 6.03 Å². The maximum Gasteiger partial charge on any atom is 0.321 e. The molecule has 1 fully saturated rings. The zero-order chi connectivity index (χ0) is 14.5. The molecule has 1 unspecified atom stereocenters. The summed E-state index contributed by atoms with van der Waals surface area (Å²) in [5, 5.41) is 5.06. The van der Waals surface area contributed by atoms with E-state index in [1.54, 1.807) is 0 Å². The monoisotopic (exact) mass is 270 g/mol. The molecule has 0 aromatic carbocycles. The highest BCUT2D eigenvalue weighted by Gasteiger charge is 2.24. The number of hydrogen-bond acceptors (Lipinski definition) is 4. The Morgan fingerprint density at radius 2 is 2.00 bits per heavy atom. The van der Waals surface area contributed by atoms with E-state index in [1.165, 1.54) is 0 Å². The van der Waals surface area contributed by atoms with Crippen LogP contribution in [0.5, 0.6) is 0 Å². The molecule has 1 aliphatic rings. The number of piperidine rings is 1. The molecule has 0 aliphatic carbocycles. The third-order valence-electron chi connectivity index (χ3n) is 3.11. The number of nitrogens with one attached hydrogen (secondary N) is 2. The number of rotatable bonds is 3. The highest BCUT2D eigenvalue weighted by molar-refractivity contribution is 5.95. The maximum absolute atomic E-state index is 11.8. The molecule has 4 N–H and O–H groups in total. The molecular formula is C13H26N4O2. The van der Waals surface area contributed by atoms with E-state index in [9.17, 15) is 9.59 Å². The molecule has 0 aromatic heterocycles. The fraction of sp³-hybridized carbons (Fsp3) is 0.846. The number of amides is 3. The van der Waals surface area contributed by atoms with Crippen molar-refractivity contribution in [2.24, 2.45) is 5.73 Å². The molecule has 6 heteroatoms. The first kappa shape index (κ1) is 15.9. The van der Waals surface area contributed by atoms with Gasteiger partial charge in [-0.3, -0.25) is 15.0 Å². The molecule has 1 aliphatic heterocycles. The molecule has 1 saturated heterocycles. The normalized spacial score (nSPS) is 20.9. The van der Waals surface area contributed by atoms with Crippen LogP contribution in [0.25, 0.3) is 0 Å². The third kappa shape index (κ3) is 6.02. The summed E-state index contributed by atoms with van der Waals surface area (Å²) in [6, 6.07) is -0.191. The third-order valence-corrected chi connectivity index (χ3v) is 3.11. The molecule has 3 amide bonds. The summed E-state index contributed by atoms with van der Waals surface area (Å²) in [4.78, 5) is 25.4. The van der Waals surface area contributed by atoms with Gasteiger partial charge in [-0.15, -0.1) is 0 Å². The number of nitrogens with two attached hydrogens (primary N) is 1. The minimum absolute atomic E-state index is 0.236. The zero-order valence-electron chi connectivity index (χ0n) is 12.2. The quantitative estimate of drug-likeness (QED) is 0.694. The van der Waals surface area contributed by atoms with E-state index in [-0.39, 0.29) is 24.0 Å². The van der Waals surface area contributed by atoms with Crippen LogP contribution in [0.15, 0.2) is 0 Å². The standard InChI is InChI=1S/C13H26N4O2/c1-13(2,3)16-12(19)15-11(18)9-17-7-5-4-6-10(17)8-14/h10H,4-9,14H2,1-3H3,(H2,15,16,18,19). The summed E-state index contributed by atoms with van der Waals surface area (Å²) in [5.74, 6) is -0.276. The fourth-order valence-electron chi connectivity index (χ4n) is 2.26. The van der Waals surface area contributed by atoms with Gasteiger partial charge in [0.25, 0.3) is 0 Å². The fourth-order valence-corrected chi connectivity index (χ4v) is 2.26. The number of carbonyl (C=O) groups is 2. The summed E-state index contributed by atoms with van der Waals surface area (Å²) in [7, 11) is 0. The highest BCUT2D eigenvalue weighted by Crippen LogP contribution is 2.15. The summed E-state index contributed by atoms with van der Waals surface area (Å²) in [6.45, 7) is 7.27. The van der Waals surface area contributed by atoms with Crippen molar-refractivity contribution in [3.05, 3.63) is 0 Å². The van der Waals surface area contributed by atoms with Crippen molar-refractivity contribution >= 4 is 11.9 Å². The number of urea groups is 1. The van der Waals surface area contributed by atoms with Crippen molar-refractivity contribution in [3.8, 4) is 0 Å². The summed E-state index contributed by atoms with van der Waals surface area (Å²) in [5.41, 5.74) is 5.35. The minimum Gasteiger partial charge on any atom is -0.333 e. The molecular weight excluding hydrogens is 244 g/mol. The van der Waals surface area contributed by atoms with E-state index in [4.69, 9.17) is 5.73 Å². The number of hydrogen-bond donors (Lipinski definition) is 3. The van der Waals surface area contributed by atoms with E-state index < -0.39 is 6.03 Å². The predicted molar refractivity (Wildman–Crippen MR) is 74.7 cm³/mol. The Labute approximate surface area is 115 Å². The maximum atomic E-state index is 11.8. The Balaban J connectivity index is 2.39. The number of likely N-dealkylation sites (tertiary alicyclic amines) is 1. The second-order valence-corrected chi connectivity index (χ2v) is 6.11. The molecule has 1 rings (SSSR count). The molecule has 0 spiro atoms. The molecule has 0 aromatic rings. The zero-order valence-corrected chi connectivity index (χ0v) is 12.2. The molecule has 1 atom stereocenters. The number of imide groups is 1. The van der Waals surface area contributed by atoms with Gasteiger partial charge in [-0.1, -0.05) is 6.42 Å². The summed E-state index contributed by atoms with van der Waals surface area (Å²) < 4.78 is 0. The summed E-state index contributed by atoms with van der Waals surface area (Å²) >= 11 is 0. The first-order valence-corrected chi connectivity index (χ1v) is 6.88. The van der Waals surface area contributed by atoms with Crippen LogP contribution in [-0.2, 0) is 4.79 Å². The van der Waals surface area contributed by atoms with Gasteiger partial charge in [0.1, 0.15) is 0 Å². The van der Waals surface area contributed by atoms with E-state index in [0.717, 1.165) is 25.8 Å². The molecule has 19 heavy (non-hydrogen) atoms. The van der Waals surface area contributed by atoms with Crippen LogP contribution in [0.3, 0.4) is 0 Å². The Hall–Kier alpha value is -1.14. The Kier molecular flexibility index (Phi) is 5.75. The van der Waals surface area contributed by atoms with Gasteiger partial charge in [0, 0.05) is 18.1 Å². The van der Waals surface area contributed by atoms with Crippen LogP contribution < -0.4 is 16.4 Å². The van der Waals surface area contributed by atoms with E-state index in [0.29, 0.717) is 6.54 Å². The molecule has 0 saturated carbocycles. The van der Waals surface area contributed by atoms with Crippen LogP contribution in [0, 0.1) is 0 Å². The number of carbonyl (C=O) groups excluding carboxylic acids is 2. The second kappa shape index (κ2) is 6.86. The Morgan fingerprint density at radius 1 is 1.32 bits per heavy atom. The van der Waals surface area contributed by atoms with Crippen molar-refractivity contribution in [1.29, 1.82) is 0 Å². The topological polar surface area (TPSA) is 87.5 Å². The molecule has 0 bridgehead atoms. The van der Waals surface area contributed by atoms with E-state index >= 15 is 0 Å². The Bertz CT molecular complexity index is 325. The van der Waals surface area contributed by atoms with E-state index in [1.807, 2.05) is 20.8 Å². The lowest BCUT2D eigenvalue weighted by molar-refractivity contribution is -0.122. The van der Waals surface area contributed by atoms with Crippen molar-refractivity contribution in [2.75, 3.05) is 19.6 Å². The lowest BCUT2D eigenvalue weighted by Crippen LogP contribution is -2.53. The first-order valence-electron chi connectivity index (χ1n) is 6.88. The van der Waals surface area contributed by atoms with Gasteiger partial charge in [-0.25, -0.2) is 4.79 Å².